The fourth-order valence-electron chi connectivity index (χ4n) is 2.32. The number of hydrogen-bond donors (Lipinski definition) is 1. The SMILES string of the molecule is COC(=O)CNCC(=O)N(C)c1ccc(Cl)cc1C(=O)c1ccccc1.Cl. The maximum atomic E-state index is 12.8. The van der Waals surface area contributed by atoms with Gasteiger partial charge in [-0.1, -0.05) is 41.9 Å². The number of benzene rings is 2. The Morgan fingerprint density at radius 1 is 1.07 bits per heavy atom. The monoisotopic (exact) mass is 410 g/mol. The molecule has 0 unspecified atom stereocenters. The van der Waals surface area contributed by atoms with Crippen molar-refractivity contribution in [3.05, 3.63) is 64.7 Å². The highest BCUT2D eigenvalue weighted by Crippen LogP contribution is 2.26. The van der Waals surface area contributed by atoms with E-state index in [1.165, 1.54) is 18.1 Å². The molecule has 1 amide bonds. The number of amides is 1. The van der Waals surface area contributed by atoms with Crippen LogP contribution in [0.25, 0.3) is 0 Å². The molecule has 0 saturated carbocycles. The average molecular weight is 411 g/mol. The summed E-state index contributed by atoms with van der Waals surface area (Å²) < 4.78 is 4.50. The van der Waals surface area contributed by atoms with E-state index in [-0.39, 0.29) is 37.2 Å². The summed E-state index contributed by atoms with van der Waals surface area (Å²) in [6.07, 6.45) is 0. The number of ketones is 1. The highest BCUT2D eigenvalue weighted by atomic mass is 35.5. The molecule has 0 atom stereocenters. The second-order valence-corrected chi connectivity index (χ2v) is 5.93. The molecule has 0 spiro atoms. The molecule has 144 valence electrons. The lowest BCUT2D eigenvalue weighted by Crippen LogP contribution is -2.38. The van der Waals surface area contributed by atoms with Crippen molar-refractivity contribution in [3.63, 3.8) is 0 Å². The van der Waals surface area contributed by atoms with E-state index in [0.29, 0.717) is 21.8 Å². The smallest absolute Gasteiger partial charge is 0.319 e. The molecule has 0 aliphatic rings. The lowest BCUT2D eigenvalue weighted by Gasteiger charge is -2.21. The Labute approximate surface area is 168 Å². The number of methoxy groups -OCH3 is 1. The summed E-state index contributed by atoms with van der Waals surface area (Å²) in [6, 6.07) is 13.5. The molecule has 0 heterocycles. The van der Waals surface area contributed by atoms with Crippen molar-refractivity contribution in [1.29, 1.82) is 0 Å². The normalized spacial score (nSPS) is 9.89. The molecule has 0 aliphatic heterocycles. The molecule has 0 bridgehead atoms. The van der Waals surface area contributed by atoms with Gasteiger partial charge in [0.15, 0.2) is 5.78 Å². The van der Waals surface area contributed by atoms with E-state index in [1.54, 1.807) is 43.4 Å². The Hall–Kier alpha value is -2.41. The van der Waals surface area contributed by atoms with E-state index in [0.717, 1.165) is 0 Å². The van der Waals surface area contributed by atoms with Crippen LogP contribution in [0.15, 0.2) is 48.5 Å². The molecule has 8 heteroatoms. The van der Waals surface area contributed by atoms with Crippen LogP contribution in [0.2, 0.25) is 5.02 Å². The number of carbonyl (C=O) groups is 3. The van der Waals surface area contributed by atoms with Gasteiger partial charge in [0.2, 0.25) is 5.91 Å². The summed E-state index contributed by atoms with van der Waals surface area (Å²) in [4.78, 5) is 37.7. The van der Waals surface area contributed by atoms with Crippen LogP contribution in [0, 0.1) is 0 Å². The van der Waals surface area contributed by atoms with E-state index in [1.807, 2.05) is 6.07 Å². The zero-order valence-electron chi connectivity index (χ0n) is 14.9. The number of esters is 1. The third-order valence-corrected chi connectivity index (χ3v) is 3.98. The minimum atomic E-state index is -0.466. The molecule has 0 saturated heterocycles. The van der Waals surface area contributed by atoms with Gasteiger partial charge in [0.05, 0.1) is 25.9 Å². The second kappa shape index (κ2) is 10.7. The largest absolute Gasteiger partial charge is 0.468 e. The van der Waals surface area contributed by atoms with Gasteiger partial charge in [-0.25, -0.2) is 0 Å². The maximum Gasteiger partial charge on any atom is 0.319 e. The van der Waals surface area contributed by atoms with Crippen LogP contribution in [0.1, 0.15) is 15.9 Å². The Morgan fingerprint density at radius 2 is 1.74 bits per heavy atom. The molecule has 6 nitrogen and oxygen atoms in total. The number of anilines is 1. The highest BCUT2D eigenvalue weighted by molar-refractivity contribution is 6.31. The second-order valence-electron chi connectivity index (χ2n) is 5.49. The third-order valence-electron chi connectivity index (χ3n) is 3.75. The Bertz CT molecular complexity index is 813. The Balaban J connectivity index is 0.00000364. The molecule has 0 aliphatic carbocycles. The first-order valence-corrected chi connectivity index (χ1v) is 8.25. The first-order chi connectivity index (χ1) is 12.4. The summed E-state index contributed by atoms with van der Waals surface area (Å²) in [6.45, 7) is -0.153. The van der Waals surface area contributed by atoms with Crippen LogP contribution in [0.4, 0.5) is 5.69 Å². The van der Waals surface area contributed by atoms with Crippen molar-refractivity contribution in [1.82, 2.24) is 5.32 Å². The van der Waals surface area contributed by atoms with E-state index < -0.39 is 5.97 Å². The third kappa shape index (κ3) is 6.06. The number of carbonyl (C=O) groups excluding carboxylic acids is 3. The van der Waals surface area contributed by atoms with Crippen LogP contribution in [-0.2, 0) is 14.3 Å². The average Bonchev–Trinajstić information content (AvgIpc) is 2.67. The summed E-state index contributed by atoms with van der Waals surface area (Å²) in [5.74, 6) is -1.00. The number of nitrogens with one attached hydrogen (secondary N) is 1. The summed E-state index contributed by atoms with van der Waals surface area (Å²) in [5, 5.41) is 3.10. The van der Waals surface area contributed by atoms with E-state index >= 15 is 0 Å². The first kappa shape index (κ1) is 22.6. The lowest BCUT2D eigenvalue weighted by molar-refractivity contribution is -0.139. The topological polar surface area (TPSA) is 75.7 Å². The molecule has 1 N–H and O–H groups in total. The number of likely N-dealkylation sites (N-methyl/N-ethyl adjacent to an activating group) is 1. The standard InChI is InChI=1S/C19H19ClN2O4.ClH/c1-22(17(23)11-21-12-18(24)26-2)16-9-8-14(20)10-15(16)19(25)13-6-4-3-5-7-13;/h3-10,21H,11-12H2,1-2H3;1H. The van der Waals surface area contributed by atoms with Crippen molar-refractivity contribution in [2.24, 2.45) is 0 Å². The quantitative estimate of drug-likeness (QED) is 0.560. The molecule has 2 aromatic carbocycles. The minimum Gasteiger partial charge on any atom is -0.468 e. The van der Waals surface area contributed by atoms with Gasteiger partial charge in [-0.2, -0.15) is 0 Å². The summed E-state index contributed by atoms with van der Waals surface area (Å²) in [5.41, 5.74) is 1.27. The van der Waals surface area contributed by atoms with E-state index in [4.69, 9.17) is 11.6 Å². The van der Waals surface area contributed by atoms with Gasteiger partial charge in [-0.05, 0) is 18.2 Å². The predicted octanol–water partition coefficient (Wildman–Crippen LogP) is 2.72. The number of hydrogen-bond acceptors (Lipinski definition) is 5. The van der Waals surface area contributed by atoms with Crippen LogP contribution < -0.4 is 10.2 Å². The van der Waals surface area contributed by atoms with Crippen molar-refractivity contribution in [3.8, 4) is 0 Å². The highest BCUT2D eigenvalue weighted by Gasteiger charge is 2.20. The number of ether oxygens (including phenoxy) is 1. The maximum absolute atomic E-state index is 12.8. The fraction of sp³-hybridized carbons (Fsp3) is 0.211. The molecule has 2 rings (SSSR count). The summed E-state index contributed by atoms with van der Waals surface area (Å²) >= 11 is 6.05. The Kier molecular flexibility index (Phi) is 8.94. The van der Waals surface area contributed by atoms with Gasteiger partial charge in [-0.15, -0.1) is 12.4 Å². The van der Waals surface area contributed by atoms with Crippen LogP contribution in [-0.4, -0.2) is 44.9 Å². The van der Waals surface area contributed by atoms with Gasteiger partial charge in [0.1, 0.15) is 0 Å². The van der Waals surface area contributed by atoms with Gasteiger partial charge >= 0.3 is 5.97 Å². The van der Waals surface area contributed by atoms with E-state index in [2.05, 4.69) is 10.1 Å². The van der Waals surface area contributed by atoms with Crippen molar-refractivity contribution in [2.75, 3.05) is 32.1 Å². The zero-order valence-corrected chi connectivity index (χ0v) is 16.5. The van der Waals surface area contributed by atoms with Gasteiger partial charge in [0, 0.05) is 23.2 Å². The van der Waals surface area contributed by atoms with Crippen molar-refractivity contribution >= 4 is 47.4 Å². The predicted molar refractivity (Wildman–Crippen MR) is 107 cm³/mol. The lowest BCUT2D eigenvalue weighted by atomic mass is 10.0. The molecule has 0 radical (unpaired) electrons. The van der Waals surface area contributed by atoms with Crippen LogP contribution in [0.3, 0.4) is 0 Å². The molecule has 0 fully saturated rings. The van der Waals surface area contributed by atoms with Crippen molar-refractivity contribution in [2.45, 2.75) is 0 Å². The van der Waals surface area contributed by atoms with Gasteiger partial charge < -0.3 is 9.64 Å². The van der Waals surface area contributed by atoms with Crippen LogP contribution in [0.5, 0.6) is 0 Å². The van der Waals surface area contributed by atoms with Gasteiger partial charge in [0.25, 0.3) is 0 Å². The minimum absolute atomic E-state index is 0. The Morgan fingerprint density at radius 3 is 2.37 bits per heavy atom. The molecular formula is C19H20Cl2N2O4. The van der Waals surface area contributed by atoms with Gasteiger partial charge in [-0.3, -0.25) is 19.7 Å². The van der Waals surface area contributed by atoms with Crippen LogP contribution >= 0.6 is 24.0 Å². The fourth-order valence-corrected chi connectivity index (χ4v) is 2.50. The number of rotatable bonds is 7. The zero-order chi connectivity index (χ0) is 19.1. The molecule has 0 aromatic heterocycles. The molecular weight excluding hydrogens is 391 g/mol. The first-order valence-electron chi connectivity index (χ1n) is 7.87. The van der Waals surface area contributed by atoms with E-state index in [9.17, 15) is 14.4 Å². The molecule has 27 heavy (non-hydrogen) atoms. The summed E-state index contributed by atoms with van der Waals surface area (Å²) in [7, 11) is 2.83. The van der Waals surface area contributed by atoms with Crippen molar-refractivity contribution < 1.29 is 19.1 Å². The molecule has 2 aromatic rings. The number of nitrogens with zero attached hydrogens (tertiary/aromatic N) is 1. The number of halogens is 2.